The first-order chi connectivity index (χ1) is 11.3. The zero-order valence-corrected chi connectivity index (χ0v) is 13.0. The lowest BCUT2D eigenvalue weighted by atomic mass is 10.1. The van der Waals surface area contributed by atoms with Crippen LogP contribution in [0.2, 0.25) is 0 Å². The Morgan fingerprint density at radius 1 is 1.13 bits per heavy atom. The van der Waals surface area contributed by atoms with Crippen molar-refractivity contribution in [2.45, 2.75) is 25.5 Å². The highest BCUT2D eigenvalue weighted by Crippen LogP contribution is 2.20. The molecule has 0 bridgehead atoms. The van der Waals surface area contributed by atoms with Crippen LogP contribution < -0.4 is 4.74 Å². The van der Waals surface area contributed by atoms with Gasteiger partial charge in [-0.2, -0.15) is 0 Å². The van der Waals surface area contributed by atoms with Gasteiger partial charge < -0.3 is 14.7 Å². The van der Waals surface area contributed by atoms with E-state index < -0.39 is 0 Å². The molecular formula is C19H21NO3. The fourth-order valence-corrected chi connectivity index (χ4v) is 2.89. The normalized spacial score (nSPS) is 17.3. The summed E-state index contributed by atoms with van der Waals surface area (Å²) in [5.41, 5.74) is 1.68. The Morgan fingerprint density at radius 2 is 1.87 bits per heavy atom. The van der Waals surface area contributed by atoms with Crippen LogP contribution in [0.15, 0.2) is 54.6 Å². The Hall–Kier alpha value is -2.33. The SMILES string of the molecule is O=C(c1ccc(COc2ccccc2)cc1)N1CCC[C@@H]1CO. The topological polar surface area (TPSA) is 49.8 Å². The number of rotatable bonds is 5. The molecule has 4 nitrogen and oxygen atoms in total. The third-order valence-electron chi connectivity index (χ3n) is 4.20. The molecule has 1 aliphatic rings. The third-order valence-corrected chi connectivity index (χ3v) is 4.20. The number of aliphatic hydroxyl groups is 1. The number of carbonyl (C=O) groups is 1. The number of aliphatic hydroxyl groups excluding tert-OH is 1. The van der Waals surface area contributed by atoms with E-state index in [-0.39, 0.29) is 18.6 Å². The molecule has 0 aliphatic carbocycles. The fraction of sp³-hybridized carbons (Fsp3) is 0.316. The van der Waals surface area contributed by atoms with Gasteiger partial charge in [0.15, 0.2) is 0 Å². The summed E-state index contributed by atoms with van der Waals surface area (Å²) < 4.78 is 5.70. The average Bonchev–Trinajstić information content (AvgIpc) is 3.09. The molecule has 0 saturated carbocycles. The summed E-state index contributed by atoms with van der Waals surface area (Å²) in [6.45, 7) is 1.24. The number of ether oxygens (including phenoxy) is 1. The molecule has 0 spiro atoms. The van der Waals surface area contributed by atoms with E-state index in [1.807, 2.05) is 54.6 Å². The van der Waals surface area contributed by atoms with E-state index in [4.69, 9.17) is 4.74 Å². The van der Waals surface area contributed by atoms with Crippen molar-refractivity contribution in [2.24, 2.45) is 0 Å². The number of amides is 1. The number of hydrogen-bond donors (Lipinski definition) is 1. The van der Waals surface area contributed by atoms with Crippen molar-refractivity contribution in [1.82, 2.24) is 4.90 Å². The van der Waals surface area contributed by atoms with Gasteiger partial charge in [-0.25, -0.2) is 0 Å². The molecule has 1 saturated heterocycles. The molecule has 23 heavy (non-hydrogen) atoms. The Bertz CT molecular complexity index is 639. The van der Waals surface area contributed by atoms with Crippen molar-refractivity contribution in [1.29, 1.82) is 0 Å². The quantitative estimate of drug-likeness (QED) is 0.924. The van der Waals surface area contributed by atoms with E-state index in [9.17, 15) is 9.90 Å². The molecule has 4 heteroatoms. The van der Waals surface area contributed by atoms with Crippen molar-refractivity contribution >= 4 is 5.91 Å². The first kappa shape index (κ1) is 15.6. The number of hydrogen-bond acceptors (Lipinski definition) is 3. The molecule has 0 radical (unpaired) electrons. The van der Waals surface area contributed by atoms with Crippen LogP contribution in [-0.4, -0.2) is 35.1 Å². The van der Waals surface area contributed by atoms with Gasteiger partial charge in [-0.05, 0) is 42.7 Å². The molecule has 1 N–H and O–H groups in total. The second kappa shape index (κ2) is 7.29. The largest absolute Gasteiger partial charge is 0.489 e. The van der Waals surface area contributed by atoms with Crippen molar-refractivity contribution in [2.75, 3.05) is 13.2 Å². The molecule has 3 rings (SSSR count). The van der Waals surface area contributed by atoms with Gasteiger partial charge in [0.2, 0.25) is 0 Å². The van der Waals surface area contributed by atoms with E-state index in [0.29, 0.717) is 12.2 Å². The molecule has 2 aromatic carbocycles. The van der Waals surface area contributed by atoms with E-state index in [0.717, 1.165) is 30.7 Å². The number of nitrogens with zero attached hydrogens (tertiary/aromatic N) is 1. The summed E-state index contributed by atoms with van der Waals surface area (Å²) in [5, 5.41) is 9.34. The molecule has 120 valence electrons. The standard InChI is InChI=1S/C19H21NO3/c21-13-17-5-4-12-20(17)19(22)16-10-8-15(9-11-16)14-23-18-6-2-1-3-7-18/h1-3,6-11,17,21H,4-5,12-14H2/t17-/m1/s1. The van der Waals surface area contributed by atoms with Gasteiger partial charge in [-0.1, -0.05) is 30.3 Å². The molecule has 0 unspecified atom stereocenters. The first-order valence-corrected chi connectivity index (χ1v) is 7.96. The number of carbonyl (C=O) groups excluding carboxylic acids is 1. The molecule has 1 amide bonds. The molecule has 1 aliphatic heterocycles. The number of likely N-dealkylation sites (tertiary alicyclic amines) is 1. The summed E-state index contributed by atoms with van der Waals surface area (Å²) in [4.78, 5) is 14.3. The number of benzene rings is 2. The maximum atomic E-state index is 12.5. The maximum Gasteiger partial charge on any atom is 0.254 e. The average molecular weight is 311 g/mol. The summed E-state index contributed by atoms with van der Waals surface area (Å²) in [6, 6.07) is 17.1. The van der Waals surface area contributed by atoms with Gasteiger partial charge in [-0.3, -0.25) is 4.79 Å². The van der Waals surface area contributed by atoms with Crippen molar-refractivity contribution < 1.29 is 14.6 Å². The number of para-hydroxylation sites is 1. The van der Waals surface area contributed by atoms with Crippen LogP contribution in [-0.2, 0) is 6.61 Å². The van der Waals surface area contributed by atoms with Crippen LogP contribution in [0, 0.1) is 0 Å². The molecular weight excluding hydrogens is 290 g/mol. The Labute approximate surface area is 136 Å². The molecule has 2 aromatic rings. The fourth-order valence-electron chi connectivity index (χ4n) is 2.89. The van der Waals surface area contributed by atoms with Gasteiger partial charge in [-0.15, -0.1) is 0 Å². The van der Waals surface area contributed by atoms with Crippen LogP contribution in [0.1, 0.15) is 28.8 Å². The second-order valence-corrected chi connectivity index (χ2v) is 5.78. The van der Waals surface area contributed by atoms with Crippen molar-refractivity contribution in [3.63, 3.8) is 0 Å². The van der Waals surface area contributed by atoms with E-state index in [1.54, 1.807) is 4.90 Å². The second-order valence-electron chi connectivity index (χ2n) is 5.78. The lowest BCUT2D eigenvalue weighted by Crippen LogP contribution is -2.37. The highest BCUT2D eigenvalue weighted by atomic mass is 16.5. The van der Waals surface area contributed by atoms with Gasteiger partial charge >= 0.3 is 0 Å². The third kappa shape index (κ3) is 3.71. The van der Waals surface area contributed by atoms with Gasteiger partial charge in [0, 0.05) is 12.1 Å². The molecule has 1 heterocycles. The van der Waals surface area contributed by atoms with Crippen LogP contribution >= 0.6 is 0 Å². The zero-order valence-electron chi connectivity index (χ0n) is 13.0. The molecule has 0 aromatic heterocycles. The minimum atomic E-state index is -0.0383. The monoisotopic (exact) mass is 311 g/mol. The Morgan fingerprint density at radius 3 is 2.57 bits per heavy atom. The Kier molecular flexibility index (Phi) is 4.93. The van der Waals surface area contributed by atoms with E-state index in [2.05, 4.69) is 0 Å². The minimum absolute atomic E-state index is 0.00271. The van der Waals surface area contributed by atoms with Crippen molar-refractivity contribution in [3.05, 3.63) is 65.7 Å². The predicted molar refractivity (Wildman–Crippen MR) is 88.4 cm³/mol. The van der Waals surface area contributed by atoms with E-state index >= 15 is 0 Å². The highest BCUT2D eigenvalue weighted by molar-refractivity contribution is 5.94. The lowest BCUT2D eigenvalue weighted by Gasteiger charge is -2.23. The van der Waals surface area contributed by atoms with E-state index in [1.165, 1.54) is 0 Å². The Balaban J connectivity index is 1.61. The van der Waals surface area contributed by atoms with Crippen LogP contribution in [0.3, 0.4) is 0 Å². The summed E-state index contributed by atoms with van der Waals surface area (Å²) >= 11 is 0. The first-order valence-electron chi connectivity index (χ1n) is 7.96. The zero-order chi connectivity index (χ0) is 16.1. The summed E-state index contributed by atoms with van der Waals surface area (Å²) in [7, 11) is 0. The highest BCUT2D eigenvalue weighted by Gasteiger charge is 2.28. The smallest absolute Gasteiger partial charge is 0.254 e. The van der Waals surface area contributed by atoms with Crippen LogP contribution in [0.5, 0.6) is 5.75 Å². The van der Waals surface area contributed by atoms with Gasteiger partial charge in [0.05, 0.1) is 12.6 Å². The van der Waals surface area contributed by atoms with Gasteiger partial charge in [0.25, 0.3) is 5.91 Å². The summed E-state index contributed by atoms with van der Waals surface area (Å²) in [6.07, 6.45) is 1.84. The lowest BCUT2D eigenvalue weighted by molar-refractivity contribution is 0.0677. The van der Waals surface area contributed by atoms with Crippen molar-refractivity contribution in [3.8, 4) is 5.75 Å². The van der Waals surface area contributed by atoms with Crippen LogP contribution in [0.4, 0.5) is 0 Å². The van der Waals surface area contributed by atoms with Gasteiger partial charge in [0.1, 0.15) is 12.4 Å². The summed E-state index contributed by atoms with van der Waals surface area (Å²) in [5.74, 6) is 0.826. The molecule has 1 atom stereocenters. The predicted octanol–water partition coefficient (Wildman–Crippen LogP) is 2.86. The maximum absolute atomic E-state index is 12.5. The minimum Gasteiger partial charge on any atom is -0.489 e. The molecule has 1 fully saturated rings. The van der Waals surface area contributed by atoms with Crippen LogP contribution in [0.25, 0.3) is 0 Å².